The zero-order chi connectivity index (χ0) is 15.6. The molecule has 0 spiro atoms. The predicted molar refractivity (Wildman–Crippen MR) is 87.7 cm³/mol. The summed E-state index contributed by atoms with van der Waals surface area (Å²) in [7, 11) is 0. The van der Waals surface area contributed by atoms with Crippen molar-refractivity contribution in [3.63, 3.8) is 0 Å². The number of aromatic amines is 1. The number of carbonyl (C=O) groups is 1. The van der Waals surface area contributed by atoms with Crippen molar-refractivity contribution in [1.29, 1.82) is 0 Å². The van der Waals surface area contributed by atoms with E-state index in [1.54, 1.807) is 0 Å². The fraction of sp³-hybridized carbons (Fsp3) is 0.556. The number of benzene rings is 1. The minimum Gasteiger partial charge on any atom is -0.364 e. The molecular formula is C18H23N3O2. The first-order chi connectivity index (χ1) is 11.3. The Labute approximate surface area is 135 Å². The van der Waals surface area contributed by atoms with Crippen molar-refractivity contribution in [3.8, 4) is 0 Å². The minimum atomic E-state index is -0.00124. The van der Waals surface area contributed by atoms with Crippen molar-refractivity contribution in [2.24, 2.45) is 11.8 Å². The Balaban J connectivity index is 1.25. The van der Waals surface area contributed by atoms with Crippen LogP contribution in [0.15, 0.2) is 24.3 Å². The van der Waals surface area contributed by atoms with E-state index < -0.39 is 0 Å². The van der Waals surface area contributed by atoms with Gasteiger partial charge in [-0.2, -0.15) is 0 Å². The van der Waals surface area contributed by atoms with Gasteiger partial charge in [-0.15, -0.1) is 0 Å². The predicted octanol–water partition coefficient (Wildman–Crippen LogP) is 2.77. The number of H-pyrrole nitrogens is 1. The lowest BCUT2D eigenvalue weighted by atomic mass is 9.98. The van der Waals surface area contributed by atoms with Gasteiger partial charge in [0.2, 0.25) is 5.91 Å². The third kappa shape index (κ3) is 3.11. The van der Waals surface area contributed by atoms with E-state index in [1.807, 2.05) is 24.3 Å². The van der Waals surface area contributed by atoms with Gasteiger partial charge in [0.25, 0.3) is 0 Å². The summed E-state index contributed by atoms with van der Waals surface area (Å²) in [5, 5.41) is 3.17. The Hall–Kier alpha value is -1.88. The first kappa shape index (κ1) is 14.7. The van der Waals surface area contributed by atoms with E-state index in [-0.39, 0.29) is 12.5 Å². The highest BCUT2D eigenvalue weighted by Gasteiger charge is 2.39. The van der Waals surface area contributed by atoms with Crippen molar-refractivity contribution in [3.05, 3.63) is 30.1 Å². The van der Waals surface area contributed by atoms with Gasteiger partial charge in [-0.1, -0.05) is 25.0 Å². The number of amides is 1. The molecule has 23 heavy (non-hydrogen) atoms. The van der Waals surface area contributed by atoms with E-state index in [4.69, 9.17) is 4.74 Å². The summed E-state index contributed by atoms with van der Waals surface area (Å²) in [6.45, 7) is 0.434. The Kier molecular flexibility index (Phi) is 4.04. The Morgan fingerprint density at radius 3 is 3.09 bits per heavy atom. The fourth-order valence-corrected chi connectivity index (χ4v) is 4.30. The van der Waals surface area contributed by atoms with Gasteiger partial charge < -0.3 is 15.0 Å². The van der Waals surface area contributed by atoms with Crippen LogP contribution in [0.1, 0.15) is 37.9 Å². The van der Waals surface area contributed by atoms with Crippen LogP contribution in [-0.2, 0) is 16.1 Å². The second-order valence-electron chi connectivity index (χ2n) is 6.80. The number of aromatic nitrogens is 2. The van der Waals surface area contributed by atoms with E-state index >= 15 is 0 Å². The number of hydrogen-bond acceptors (Lipinski definition) is 3. The molecule has 0 saturated heterocycles. The van der Waals surface area contributed by atoms with Crippen molar-refractivity contribution in [2.75, 3.05) is 6.61 Å². The SMILES string of the molecule is O=C(COCc1nc2ccccc2[nH]1)N[C@@H]1CC[C@H]2CCC[C@H]21. The molecule has 0 bridgehead atoms. The van der Waals surface area contributed by atoms with Crippen molar-refractivity contribution in [2.45, 2.75) is 44.8 Å². The monoisotopic (exact) mass is 313 g/mol. The van der Waals surface area contributed by atoms with Gasteiger partial charge >= 0.3 is 0 Å². The normalized spacial score (nSPS) is 26.5. The van der Waals surface area contributed by atoms with Crippen molar-refractivity contribution < 1.29 is 9.53 Å². The Morgan fingerprint density at radius 2 is 2.17 bits per heavy atom. The second kappa shape index (κ2) is 6.32. The molecule has 2 aliphatic carbocycles. The lowest BCUT2D eigenvalue weighted by Crippen LogP contribution is -2.39. The van der Waals surface area contributed by atoms with Crippen LogP contribution in [-0.4, -0.2) is 28.5 Å². The quantitative estimate of drug-likeness (QED) is 0.892. The number of nitrogens with zero attached hydrogens (tertiary/aromatic N) is 1. The number of rotatable bonds is 5. The van der Waals surface area contributed by atoms with E-state index in [0.717, 1.165) is 29.2 Å². The van der Waals surface area contributed by atoms with E-state index in [0.29, 0.717) is 18.6 Å². The highest BCUT2D eigenvalue weighted by molar-refractivity contribution is 5.77. The third-order valence-electron chi connectivity index (χ3n) is 5.34. The summed E-state index contributed by atoms with van der Waals surface area (Å²) in [4.78, 5) is 19.7. The summed E-state index contributed by atoms with van der Waals surface area (Å²) in [6, 6.07) is 8.23. The van der Waals surface area contributed by atoms with Crippen LogP contribution in [0.2, 0.25) is 0 Å². The zero-order valence-electron chi connectivity index (χ0n) is 13.3. The average molecular weight is 313 g/mol. The number of imidazole rings is 1. The molecule has 5 nitrogen and oxygen atoms in total. The molecule has 2 aliphatic rings. The third-order valence-corrected chi connectivity index (χ3v) is 5.34. The highest BCUT2D eigenvalue weighted by atomic mass is 16.5. The van der Waals surface area contributed by atoms with E-state index in [9.17, 15) is 4.79 Å². The molecule has 1 aromatic heterocycles. The summed E-state index contributed by atoms with van der Waals surface area (Å²) in [5.74, 6) is 2.31. The number of hydrogen-bond donors (Lipinski definition) is 2. The summed E-state index contributed by atoms with van der Waals surface area (Å²) in [6.07, 6.45) is 6.35. The first-order valence-corrected chi connectivity index (χ1v) is 8.60. The number of carbonyl (C=O) groups excluding carboxylic acids is 1. The van der Waals surface area contributed by atoms with E-state index in [1.165, 1.54) is 25.7 Å². The molecule has 5 heteroatoms. The first-order valence-electron chi connectivity index (χ1n) is 8.60. The highest BCUT2D eigenvalue weighted by Crippen LogP contribution is 2.43. The molecule has 1 aromatic carbocycles. The number of ether oxygens (including phenoxy) is 1. The van der Waals surface area contributed by atoms with Crippen molar-refractivity contribution >= 4 is 16.9 Å². The van der Waals surface area contributed by atoms with Gasteiger partial charge in [0.15, 0.2) is 0 Å². The van der Waals surface area contributed by atoms with Gasteiger partial charge in [0, 0.05) is 6.04 Å². The maximum Gasteiger partial charge on any atom is 0.246 e. The van der Waals surface area contributed by atoms with Gasteiger partial charge in [0.05, 0.1) is 11.0 Å². The van der Waals surface area contributed by atoms with Gasteiger partial charge in [-0.3, -0.25) is 4.79 Å². The van der Waals surface area contributed by atoms with Gasteiger partial charge in [-0.25, -0.2) is 4.98 Å². The van der Waals surface area contributed by atoms with E-state index in [2.05, 4.69) is 15.3 Å². The molecule has 3 atom stereocenters. The van der Waals surface area contributed by atoms with Crippen LogP contribution < -0.4 is 5.32 Å². The topological polar surface area (TPSA) is 67.0 Å². The summed E-state index contributed by atoms with van der Waals surface area (Å²) in [5.41, 5.74) is 1.92. The lowest BCUT2D eigenvalue weighted by molar-refractivity contribution is -0.127. The summed E-state index contributed by atoms with van der Waals surface area (Å²) >= 11 is 0. The average Bonchev–Trinajstić information content (AvgIpc) is 3.23. The Morgan fingerprint density at radius 1 is 1.26 bits per heavy atom. The van der Waals surface area contributed by atoms with Crippen LogP contribution in [0.5, 0.6) is 0 Å². The van der Waals surface area contributed by atoms with Crippen LogP contribution in [0.25, 0.3) is 11.0 Å². The largest absolute Gasteiger partial charge is 0.364 e. The molecule has 2 saturated carbocycles. The molecule has 2 aromatic rings. The minimum absolute atomic E-state index is 0.00124. The van der Waals surface area contributed by atoms with Crippen LogP contribution in [0, 0.1) is 11.8 Å². The van der Waals surface area contributed by atoms with Crippen LogP contribution >= 0.6 is 0 Å². The summed E-state index contributed by atoms with van der Waals surface area (Å²) < 4.78 is 5.53. The van der Waals surface area contributed by atoms with Crippen molar-refractivity contribution in [1.82, 2.24) is 15.3 Å². The molecule has 0 aliphatic heterocycles. The molecule has 2 N–H and O–H groups in total. The van der Waals surface area contributed by atoms with Crippen LogP contribution in [0.4, 0.5) is 0 Å². The molecule has 0 radical (unpaired) electrons. The number of nitrogens with one attached hydrogen (secondary N) is 2. The number of para-hydroxylation sites is 2. The molecule has 1 amide bonds. The molecule has 0 unspecified atom stereocenters. The molecule has 4 rings (SSSR count). The zero-order valence-corrected chi connectivity index (χ0v) is 13.3. The molecule has 122 valence electrons. The molecular weight excluding hydrogens is 290 g/mol. The van der Waals surface area contributed by atoms with Gasteiger partial charge in [-0.05, 0) is 43.2 Å². The maximum absolute atomic E-state index is 12.1. The Bertz CT molecular complexity index is 663. The molecule has 1 heterocycles. The number of fused-ring (bicyclic) bond motifs is 2. The second-order valence-corrected chi connectivity index (χ2v) is 6.80. The standard InChI is InChI=1S/C18H23N3O2/c22-18(21-14-9-8-12-4-3-5-13(12)14)11-23-10-17-19-15-6-1-2-7-16(15)20-17/h1-2,6-7,12-14H,3-5,8-11H2,(H,19,20)(H,21,22)/t12-,13-,14-/m1/s1. The maximum atomic E-state index is 12.1. The smallest absolute Gasteiger partial charge is 0.246 e. The van der Waals surface area contributed by atoms with Gasteiger partial charge in [0.1, 0.15) is 19.0 Å². The fourth-order valence-electron chi connectivity index (χ4n) is 4.30. The van der Waals surface area contributed by atoms with Crippen LogP contribution in [0.3, 0.4) is 0 Å². The lowest BCUT2D eigenvalue weighted by Gasteiger charge is -2.19. The molecule has 2 fully saturated rings.